The quantitative estimate of drug-likeness (QED) is 0.684. The van der Waals surface area contributed by atoms with E-state index in [1.165, 1.54) is 11.1 Å². The fourth-order valence-electron chi connectivity index (χ4n) is 2.45. The summed E-state index contributed by atoms with van der Waals surface area (Å²) in [7, 11) is 3.47. The van der Waals surface area contributed by atoms with Crippen LogP contribution in [0.4, 0.5) is 0 Å². The van der Waals surface area contributed by atoms with Crippen molar-refractivity contribution >= 4 is 23.1 Å². The Morgan fingerprint density at radius 3 is 2.91 bits per heavy atom. The predicted octanol–water partition coefficient (Wildman–Crippen LogP) is 3.11. The lowest BCUT2D eigenvalue weighted by Crippen LogP contribution is -2.43. The highest BCUT2D eigenvalue weighted by atomic mass is 35.5. The van der Waals surface area contributed by atoms with Crippen molar-refractivity contribution in [2.24, 2.45) is 4.99 Å². The summed E-state index contributed by atoms with van der Waals surface area (Å²) < 4.78 is 5.29. The third-order valence-electron chi connectivity index (χ3n) is 3.60. The first-order valence-electron chi connectivity index (χ1n) is 7.26. The molecule has 2 rings (SSSR count). The number of aliphatic imine (C=N–C) groups is 1. The topological polar surface area (TPSA) is 36.9 Å². The third kappa shape index (κ3) is 4.28. The average molecular weight is 320 g/mol. The van der Waals surface area contributed by atoms with Gasteiger partial charge in [0.2, 0.25) is 0 Å². The van der Waals surface area contributed by atoms with Gasteiger partial charge >= 0.3 is 0 Å². The first-order valence-corrected chi connectivity index (χ1v) is 7.64. The van der Waals surface area contributed by atoms with Crippen LogP contribution in [0.25, 0.3) is 5.57 Å². The Hall–Kier alpha value is -1.94. The number of guanidine groups is 1. The molecule has 1 N–H and O–H groups in total. The molecule has 0 aromatic heterocycles. The van der Waals surface area contributed by atoms with Gasteiger partial charge in [-0.1, -0.05) is 36.4 Å². The van der Waals surface area contributed by atoms with E-state index >= 15 is 0 Å². The number of hydrogen-bond donors (Lipinski definition) is 1. The zero-order chi connectivity index (χ0) is 15.9. The summed E-state index contributed by atoms with van der Waals surface area (Å²) in [4.78, 5) is 6.49. The van der Waals surface area contributed by atoms with E-state index in [9.17, 15) is 0 Å². The fourth-order valence-corrected chi connectivity index (χ4v) is 2.52. The Balaban J connectivity index is 2.03. The van der Waals surface area contributed by atoms with Gasteiger partial charge in [-0.25, -0.2) is 0 Å². The number of nitrogens with one attached hydrogen (secondary N) is 1. The van der Waals surface area contributed by atoms with E-state index in [4.69, 9.17) is 16.3 Å². The van der Waals surface area contributed by atoms with Crippen molar-refractivity contribution in [2.45, 2.75) is 6.42 Å². The van der Waals surface area contributed by atoms with Crippen molar-refractivity contribution < 1.29 is 4.74 Å². The van der Waals surface area contributed by atoms with Crippen LogP contribution < -0.4 is 10.1 Å². The second-order valence-corrected chi connectivity index (χ2v) is 5.61. The number of hydrogen-bond acceptors (Lipinski definition) is 2. The largest absolute Gasteiger partial charge is 0.497 e. The molecule has 0 aliphatic carbocycles. The van der Waals surface area contributed by atoms with Crippen LogP contribution in [0, 0.1) is 0 Å². The Kier molecular flexibility index (Phi) is 5.90. The van der Waals surface area contributed by atoms with Crippen LogP contribution in [0.3, 0.4) is 0 Å². The lowest BCUT2D eigenvalue weighted by Gasteiger charge is -2.29. The molecule has 0 fully saturated rings. The minimum Gasteiger partial charge on any atom is -0.497 e. The Morgan fingerprint density at radius 1 is 1.50 bits per heavy atom. The van der Waals surface area contributed by atoms with Gasteiger partial charge in [-0.15, -0.1) is 0 Å². The molecule has 22 heavy (non-hydrogen) atoms. The van der Waals surface area contributed by atoms with Crippen LogP contribution in [0.2, 0.25) is 0 Å². The van der Waals surface area contributed by atoms with Crippen LogP contribution in [0.5, 0.6) is 5.75 Å². The maximum absolute atomic E-state index is 5.80. The van der Waals surface area contributed by atoms with Crippen LogP contribution in [0.15, 0.2) is 46.9 Å². The average Bonchev–Trinajstić information content (AvgIpc) is 2.56. The highest BCUT2D eigenvalue weighted by Crippen LogP contribution is 2.25. The lowest BCUT2D eigenvalue weighted by molar-refractivity contribution is 0.414. The standard InChI is InChI=1S/C17H22ClN3O/c1-13(18)12-20-17(19-2)21-9-7-14(8-10-21)15-5-4-6-16(11-15)22-3/h4-7,11H,1,8-10,12H2,2-3H3,(H,19,20). The number of rotatable bonds is 4. The molecule has 0 amide bonds. The first kappa shape index (κ1) is 16.4. The van der Waals surface area contributed by atoms with Crippen molar-refractivity contribution in [1.29, 1.82) is 0 Å². The van der Waals surface area contributed by atoms with Gasteiger partial charge < -0.3 is 15.0 Å². The molecule has 0 radical (unpaired) electrons. The molecule has 0 atom stereocenters. The predicted molar refractivity (Wildman–Crippen MR) is 93.5 cm³/mol. The van der Waals surface area contributed by atoms with Gasteiger partial charge in [0, 0.05) is 25.2 Å². The normalized spacial score (nSPS) is 15.3. The molecule has 0 unspecified atom stereocenters. The fraction of sp³-hybridized carbons (Fsp3) is 0.353. The van der Waals surface area contributed by atoms with Crippen molar-refractivity contribution in [2.75, 3.05) is 33.8 Å². The molecule has 1 heterocycles. The molecule has 118 valence electrons. The van der Waals surface area contributed by atoms with Gasteiger partial charge in [0.1, 0.15) is 5.75 Å². The van der Waals surface area contributed by atoms with Crippen LogP contribution in [-0.4, -0.2) is 44.7 Å². The van der Waals surface area contributed by atoms with Gasteiger partial charge in [-0.2, -0.15) is 0 Å². The van der Waals surface area contributed by atoms with Crippen molar-refractivity contribution in [3.8, 4) is 5.75 Å². The molecule has 0 saturated heterocycles. The highest BCUT2D eigenvalue weighted by molar-refractivity contribution is 6.29. The van der Waals surface area contributed by atoms with Crippen LogP contribution >= 0.6 is 11.6 Å². The minimum atomic E-state index is 0.525. The number of ether oxygens (including phenoxy) is 1. The number of benzene rings is 1. The Bertz CT molecular complexity index is 595. The van der Waals surface area contributed by atoms with E-state index in [2.05, 4.69) is 40.0 Å². The molecule has 0 bridgehead atoms. The summed E-state index contributed by atoms with van der Waals surface area (Å²) in [5.41, 5.74) is 2.56. The van der Waals surface area contributed by atoms with Gasteiger partial charge in [-0.05, 0) is 29.7 Å². The van der Waals surface area contributed by atoms with Crippen molar-refractivity contribution in [3.05, 3.63) is 47.5 Å². The molecule has 0 saturated carbocycles. The summed E-state index contributed by atoms with van der Waals surface area (Å²) in [6.07, 6.45) is 3.20. The smallest absolute Gasteiger partial charge is 0.194 e. The maximum atomic E-state index is 5.80. The SMILES string of the molecule is C=C(Cl)CNC(=NC)N1CC=C(c2cccc(OC)c2)CC1. The van der Waals surface area contributed by atoms with E-state index in [1.54, 1.807) is 14.2 Å². The maximum Gasteiger partial charge on any atom is 0.194 e. The summed E-state index contributed by atoms with van der Waals surface area (Å²) in [6, 6.07) is 8.18. The van der Waals surface area contributed by atoms with E-state index in [1.807, 2.05) is 12.1 Å². The summed E-state index contributed by atoms with van der Waals surface area (Å²) in [6.45, 7) is 5.94. The molecule has 1 aromatic carbocycles. The second kappa shape index (κ2) is 7.90. The molecule has 1 aliphatic heterocycles. The zero-order valence-electron chi connectivity index (χ0n) is 13.1. The molecular formula is C17H22ClN3O. The van der Waals surface area contributed by atoms with E-state index in [-0.39, 0.29) is 0 Å². The van der Waals surface area contributed by atoms with E-state index in [0.29, 0.717) is 11.6 Å². The minimum absolute atomic E-state index is 0.525. The number of methoxy groups -OCH3 is 1. The van der Waals surface area contributed by atoms with Crippen molar-refractivity contribution in [3.63, 3.8) is 0 Å². The summed E-state index contributed by atoms with van der Waals surface area (Å²) in [5, 5.41) is 3.78. The molecule has 4 nitrogen and oxygen atoms in total. The van der Waals surface area contributed by atoms with Crippen LogP contribution in [-0.2, 0) is 0 Å². The highest BCUT2D eigenvalue weighted by Gasteiger charge is 2.16. The lowest BCUT2D eigenvalue weighted by atomic mass is 9.99. The van der Waals surface area contributed by atoms with Gasteiger partial charge in [-0.3, -0.25) is 4.99 Å². The number of nitrogens with zero attached hydrogens (tertiary/aromatic N) is 2. The van der Waals surface area contributed by atoms with Gasteiger partial charge in [0.05, 0.1) is 13.7 Å². The third-order valence-corrected chi connectivity index (χ3v) is 3.73. The summed E-state index contributed by atoms with van der Waals surface area (Å²) in [5.74, 6) is 1.74. The zero-order valence-corrected chi connectivity index (χ0v) is 13.9. The van der Waals surface area contributed by atoms with E-state index in [0.717, 1.165) is 31.2 Å². The molecule has 5 heteroatoms. The van der Waals surface area contributed by atoms with E-state index < -0.39 is 0 Å². The first-order chi connectivity index (χ1) is 10.6. The second-order valence-electron chi connectivity index (χ2n) is 5.08. The Morgan fingerprint density at radius 2 is 2.32 bits per heavy atom. The number of halogens is 1. The van der Waals surface area contributed by atoms with Crippen molar-refractivity contribution in [1.82, 2.24) is 10.2 Å². The van der Waals surface area contributed by atoms with Gasteiger partial charge in [0.25, 0.3) is 0 Å². The molecular weight excluding hydrogens is 298 g/mol. The monoisotopic (exact) mass is 319 g/mol. The van der Waals surface area contributed by atoms with Crippen LogP contribution in [0.1, 0.15) is 12.0 Å². The Labute approximate surface area is 137 Å². The summed E-state index contributed by atoms with van der Waals surface area (Å²) >= 11 is 5.80. The molecule has 0 spiro atoms. The van der Waals surface area contributed by atoms with Gasteiger partial charge in [0.15, 0.2) is 5.96 Å². The molecule has 1 aromatic rings. The molecule has 1 aliphatic rings.